The summed E-state index contributed by atoms with van der Waals surface area (Å²) in [6.07, 6.45) is 4.79. The molecule has 1 amide bonds. The average Bonchev–Trinajstić information content (AvgIpc) is 2.53. The summed E-state index contributed by atoms with van der Waals surface area (Å²) in [5.41, 5.74) is 1.90. The molecule has 0 atom stereocenters. The van der Waals surface area contributed by atoms with E-state index in [2.05, 4.69) is 15.3 Å². The van der Waals surface area contributed by atoms with Gasteiger partial charge in [0.15, 0.2) is 0 Å². The van der Waals surface area contributed by atoms with Gasteiger partial charge in [0.05, 0.1) is 29.7 Å². The molecule has 24 heavy (non-hydrogen) atoms. The van der Waals surface area contributed by atoms with Crippen LogP contribution in [-0.2, 0) is 4.74 Å². The highest BCUT2D eigenvalue weighted by Gasteiger charge is 2.10. The van der Waals surface area contributed by atoms with Gasteiger partial charge in [0, 0.05) is 18.5 Å². The van der Waals surface area contributed by atoms with Gasteiger partial charge in [-0.05, 0) is 45.4 Å². The number of aromatic nitrogens is 2. The fourth-order valence-electron chi connectivity index (χ4n) is 1.88. The molecule has 0 aliphatic heterocycles. The van der Waals surface area contributed by atoms with Crippen LogP contribution in [0.3, 0.4) is 0 Å². The van der Waals surface area contributed by atoms with E-state index in [0.29, 0.717) is 30.3 Å². The number of carbonyl (C=O) groups is 1. The van der Waals surface area contributed by atoms with E-state index in [1.54, 1.807) is 24.5 Å². The van der Waals surface area contributed by atoms with Crippen LogP contribution < -0.4 is 10.1 Å². The van der Waals surface area contributed by atoms with Crippen LogP contribution in [0.2, 0.25) is 0 Å². The predicted octanol–water partition coefficient (Wildman–Crippen LogP) is 3.23. The van der Waals surface area contributed by atoms with E-state index in [1.165, 1.54) is 6.20 Å². The molecule has 0 saturated carbocycles. The standard InChI is InChI=1S/C18H23N3O3/c1-13-7-8-19-12-15(13)21-17(22)14-5-6-16(20-11-14)23-9-10-24-18(2,3)4/h5-8,11-12H,9-10H2,1-4H3,(H,21,22). The molecule has 0 aliphatic rings. The minimum absolute atomic E-state index is 0.191. The van der Waals surface area contributed by atoms with Crippen molar-refractivity contribution in [2.75, 3.05) is 18.5 Å². The molecule has 0 bridgehead atoms. The van der Waals surface area contributed by atoms with Crippen LogP contribution in [0.15, 0.2) is 36.8 Å². The Labute approximate surface area is 142 Å². The molecule has 0 saturated heterocycles. The number of hydrogen-bond acceptors (Lipinski definition) is 5. The third-order valence-corrected chi connectivity index (χ3v) is 3.15. The summed E-state index contributed by atoms with van der Waals surface area (Å²) in [5, 5.41) is 2.81. The first-order valence-corrected chi connectivity index (χ1v) is 7.80. The van der Waals surface area contributed by atoms with Gasteiger partial charge < -0.3 is 14.8 Å². The van der Waals surface area contributed by atoms with E-state index < -0.39 is 0 Å². The second kappa shape index (κ2) is 7.88. The first-order chi connectivity index (χ1) is 11.3. The van der Waals surface area contributed by atoms with Gasteiger partial charge in [0.1, 0.15) is 6.61 Å². The van der Waals surface area contributed by atoms with E-state index in [4.69, 9.17) is 9.47 Å². The third-order valence-electron chi connectivity index (χ3n) is 3.15. The first kappa shape index (κ1) is 17.9. The second-order valence-electron chi connectivity index (χ2n) is 6.34. The lowest BCUT2D eigenvalue weighted by Crippen LogP contribution is -2.22. The van der Waals surface area contributed by atoms with Gasteiger partial charge in [-0.25, -0.2) is 4.98 Å². The van der Waals surface area contributed by atoms with Crippen LogP contribution in [-0.4, -0.2) is 34.7 Å². The zero-order valence-corrected chi connectivity index (χ0v) is 14.5. The van der Waals surface area contributed by atoms with E-state index in [9.17, 15) is 4.79 Å². The van der Waals surface area contributed by atoms with Gasteiger partial charge in [0.25, 0.3) is 5.91 Å². The minimum atomic E-state index is -0.235. The minimum Gasteiger partial charge on any atom is -0.475 e. The van der Waals surface area contributed by atoms with Gasteiger partial charge in [-0.1, -0.05) is 0 Å². The summed E-state index contributed by atoms with van der Waals surface area (Å²) >= 11 is 0. The molecule has 1 N–H and O–H groups in total. The summed E-state index contributed by atoms with van der Waals surface area (Å²) in [7, 11) is 0. The van der Waals surface area contributed by atoms with Crippen molar-refractivity contribution in [3.8, 4) is 5.88 Å². The number of nitrogens with zero attached hydrogens (tertiary/aromatic N) is 2. The van der Waals surface area contributed by atoms with E-state index in [-0.39, 0.29) is 11.5 Å². The predicted molar refractivity (Wildman–Crippen MR) is 92.4 cm³/mol. The molecule has 2 aromatic rings. The van der Waals surface area contributed by atoms with Crippen LogP contribution in [0.1, 0.15) is 36.7 Å². The highest BCUT2D eigenvalue weighted by molar-refractivity contribution is 6.04. The maximum atomic E-state index is 12.2. The Morgan fingerprint density at radius 1 is 1.17 bits per heavy atom. The zero-order valence-electron chi connectivity index (χ0n) is 14.5. The Balaban J connectivity index is 1.87. The summed E-state index contributed by atoms with van der Waals surface area (Å²) in [4.78, 5) is 20.4. The van der Waals surface area contributed by atoms with Crippen molar-refractivity contribution in [2.24, 2.45) is 0 Å². The van der Waals surface area contributed by atoms with Gasteiger partial charge in [-0.15, -0.1) is 0 Å². The topological polar surface area (TPSA) is 73.3 Å². The lowest BCUT2D eigenvalue weighted by molar-refractivity contribution is -0.0168. The summed E-state index contributed by atoms with van der Waals surface area (Å²) in [6.45, 7) is 8.76. The molecule has 0 spiro atoms. The molecule has 6 nitrogen and oxygen atoms in total. The molecule has 6 heteroatoms. The lowest BCUT2D eigenvalue weighted by atomic mass is 10.2. The highest BCUT2D eigenvalue weighted by Crippen LogP contribution is 2.14. The summed E-state index contributed by atoms with van der Waals surface area (Å²) in [5.74, 6) is 0.225. The third kappa shape index (κ3) is 5.62. The number of aryl methyl sites for hydroxylation is 1. The molecule has 0 fully saturated rings. The largest absolute Gasteiger partial charge is 0.475 e. The quantitative estimate of drug-likeness (QED) is 0.824. The zero-order chi connectivity index (χ0) is 17.6. The monoisotopic (exact) mass is 329 g/mol. The molecular formula is C18H23N3O3. The summed E-state index contributed by atoms with van der Waals surface area (Å²) < 4.78 is 11.1. The average molecular weight is 329 g/mol. The van der Waals surface area contributed by atoms with Crippen LogP contribution in [0.5, 0.6) is 5.88 Å². The maximum absolute atomic E-state index is 12.2. The molecule has 0 aromatic carbocycles. The Morgan fingerprint density at radius 3 is 2.58 bits per heavy atom. The Morgan fingerprint density at radius 2 is 1.96 bits per heavy atom. The van der Waals surface area contributed by atoms with Crippen molar-refractivity contribution in [1.29, 1.82) is 0 Å². The molecule has 2 rings (SSSR count). The fourth-order valence-corrected chi connectivity index (χ4v) is 1.88. The van der Waals surface area contributed by atoms with Crippen molar-refractivity contribution in [3.63, 3.8) is 0 Å². The van der Waals surface area contributed by atoms with Gasteiger partial charge >= 0.3 is 0 Å². The van der Waals surface area contributed by atoms with E-state index in [1.807, 2.05) is 33.8 Å². The number of amides is 1. The number of rotatable bonds is 6. The van der Waals surface area contributed by atoms with E-state index >= 15 is 0 Å². The Hall–Kier alpha value is -2.47. The Kier molecular flexibility index (Phi) is 5.87. The normalized spacial score (nSPS) is 11.2. The van der Waals surface area contributed by atoms with Crippen molar-refractivity contribution in [1.82, 2.24) is 9.97 Å². The van der Waals surface area contributed by atoms with Crippen molar-refractivity contribution < 1.29 is 14.3 Å². The second-order valence-corrected chi connectivity index (χ2v) is 6.34. The van der Waals surface area contributed by atoms with Crippen LogP contribution in [0, 0.1) is 6.92 Å². The van der Waals surface area contributed by atoms with Crippen LogP contribution >= 0.6 is 0 Å². The maximum Gasteiger partial charge on any atom is 0.257 e. The number of carbonyl (C=O) groups excluding carboxylic acids is 1. The van der Waals surface area contributed by atoms with Crippen molar-refractivity contribution in [2.45, 2.75) is 33.3 Å². The number of anilines is 1. The molecular weight excluding hydrogens is 306 g/mol. The SMILES string of the molecule is Cc1ccncc1NC(=O)c1ccc(OCCOC(C)(C)C)nc1. The lowest BCUT2D eigenvalue weighted by Gasteiger charge is -2.19. The summed E-state index contributed by atoms with van der Waals surface area (Å²) in [6, 6.07) is 5.18. The molecule has 0 aliphatic carbocycles. The van der Waals surface area contributed by atoms with E-state index in [0.717, 1.165) is 5.56 Å². The first-order valence-electron chi connectivity index (χ1n) is 7.80. The molecule has 128 valence electrons. The number of hydrogen-bond donors (Lipinski definition) is 1. The van der Waals surface area contributed by atoms with Gasteiger partial charge in [-0.3, -0.25) is 9.78 Å². The molecule has 2 heterocycles. The van der Waals surface area contributed by atoms with Crippen LogP contribution in [0.25, 0.3) is 0 Å². The van der Waals surface area contributed by atoms with Crippen LogP contribution in [0.4, 0.5) is 5.69 Å². The Bertz CT molecular complexity index is 679. The smallest absolute Gasteiger partial charge is 0.257 e. The van der Waals surface area contributed by atoms with Crippen molar-refractivity contribution in [3.05, 3.63) is 47.9 Å². The molecule has 0 radical (unpaired) electrons. The number of nitrogens with one attached hydrogen (secondary N) is 1. The molecule has 2 aromatic heterocycles. The van der Waals surface area contributed by atoms with Crippen molar-refractivity contribution >= 4 is 11.6 Å². The fraction of sp³-hybridized carbons (Fsp3) is 0.389. The van der Waals surface area contributed by atoms with Gasteiger partial charge in [-0.2, -0.15) is 0 Å². The molecule has 0 unspecified atom stereocenters. The number of pyridine rings is 2. The van der Waals surface area contributed by atoms with Gasteiger partial charge in [0.2, 0.25) is 5.88 Å². The highest BCUT2D eigenvalue weighted by atomic mass is 16.5. The number of ether oxygens (including phenoxy) is 2.